The number of hydrogen-bond acceptors (Lipinski definition) is 10. The number of carbonyl (C=O) groups excluding carboxylic acids is 2. The van der Waals surface area contributed by atoms with E-state index in [-0.39, 0.29) is 32.0 Å². The number of carbonyl (C=O) groups is 2. The van der Waals surface area contributed by atoms with E-state index in [2.05, 4.69) is 8.67 Å². The Morgan fingerprint density at radius 2 is 0.925 bits per heavy atom. The van der Waals surface area contributed by atoms with Crippen LogP contribution in [0.4, 0.5) is 11.4 Å². The molecule has 0 radical (unpaired) electrons. The summed E-state index contributed by atoms with van der Waals surface area (Å²) in [5.74, 6) is -1.25. The molecule has 0 bridgehead atoms. The Balaban J connectivity index is 1.51. The Labute approximate surface area is 230 Å². The summed E-state index contributed by atoms with van der Waals surface area (Å²) in [5, 5.41) is 23.2. The summed E-state index contributed by atoms with van der Waals surface area (Å²) in [6.45, 7) is 0. The maximum atomic E-state index is 12.7. The molecular formula is C26H16N2O10S2. The van der Waals surface area contributed by atoms with Crippen LogP contribution in [0, 0.1) is 20.2 Å². The fraction of sp³-hybridized carbons (Fsp3) is 0. The first-order valence-electron chi connectivity index (χ1n) is 11.1. The lowest BCUT2D eigenvalue weighted by molar-refractivity contribution is -0.385. The number of nitrogens with zero attached hydrogens (tertiary/aromatic N) is 2. The van der Waals surface area contributed by atoms with Gasteiger partial charge in [-0.3, -0.25) is 29.8 Å². The zero-order chi connectivity index (χ0) is 28.8. The molecule has 2 unspecified atom stereocenters. The largest absolute Gasteiger partial charge is 0.288 e. The monoisotopic (exact) mass is 580 g/mol. The van der Waals surface area contributed by atoms with Gasteiger partial charge in [0.15, 0.2) is 11.6 Å². The SMILES string of the molecule is O=C(c1ccccc1)c1ccc(S(=O)OOS(=O)c2ccc(C(=O)c3ccccc3)c([N+](=O)[O-])c2)cc1[N+](=O)[O-]. The van der Waals surface area contributed by atoms with Crippen molar-refractivity contribution in [1.82, 2.24) is 0 Å². The number of rotatable bonds is 11. The molecular weight excluding hydrogens is 564 g/mol. The first kappa shape index (κ1) is 28.3. The number of nitro groups is 2. The highest BCUT2D eigenvalue weighted by Gasteiger charge is 2.26. The van der Waals surface area contributed by atoms with E-state index < -0.39 is 54.9 Å². The molecule has 0 amide bonds. The third-order valence-electron chi connectivity index (χ3n) is 5.43. The minimum absolute atomic E-state index is 0.208. The van der Waals surface area contributed by atoms with Gasteiger partial charge < -0.3 is 0 Å². The highest BCUT2D eigenvalue weighted by Crippen LogP contribution is 2.27. The van der Waals surface area contributed by atoms with Crippen molar-refractivity contribution in [2.45, 2.75) is 9.79 Å². The number of hydrogen-bond donors (Lipinski definition) is 0. The Morgan fingerprint density at radius 3 is 1.25 bits per heavy atom. The molecule has 2 atom stereocenters. The van der Waals surface area contributed by atoms with Gasteiger partial charge in [0.1, 0.15) is 11.1 Å². The van der Waals surface area contributed by atoms with Crippen molar-refractivity contribution in [3.05, 3.63) is 140 Å². The molecule has 202 valence electrons. The molecule has 0 saturated heterocycles. The van der Waals surface area contributed by atoms with Crippen molar-refractivity contribution in [3.8, 4) is 0 Å². The lowest BCUT2D eigenvalue weighted by Gasteiger charge is -2.07. The molecule has 0 aromatic heterocycles. The lowest BCUT2D eigenvalue weighted by Crippen LogP contribution is -2.09. The normalized spacial score (nSPS) is 12.3. The number of ketones is 2. The Hall–Kier alpha value is -4.76. The van der Waals surface area contributed by atoms with Gasteiger partial charge in [-0.2, -0.15) is 0 Å². The van der Waals surface area contributed by atoms with Crippen LogP contribution in [0.2, 0.25) is 0 Å². The second kappa shape index (κ2) is 12.4. The first-order valence-corrected chi connectivity index (χ1v) is 13.3. The molecule has 0 aliphatic carbocycles. The van der Waals surface area contributed by atoms with Crippen molar-refractivity contribution in [2.75, 3.05) is 0 Å². The van der Waals surface area contributed by atoms with E-state index in [4.69, 9.17) is 0 Å². The lowest BCUT2D eigenvalue weighted by atomic mass is 10.0. The molecule has 12 nitrogen and oxygen atoms in total. The zero-order valence-electron chi connectivity index (χ0n) is 20.0. The Morgan fingerprint density at radius 1 is 0.575 bits per heavy atom. The van der Waals surface area contributed by atoms with Crippen LogP contribution in [0.5, 0.6) is 0 Å². The number of nitro benzene ring substituents is 2. The van der Waals surface area contributed by atoms with Gasteiger partial charge >= 0.3 is 0 Å². The van der Waals surface area contributed by atoms with Crippen LogP contribution in [0.1, 0.15) is 31.8 Å². The van der Waals surface area contributed by atoms with Crippen LogP contribution in [-0.4, -0.2) is 29.8 Å². The average molecular weight is 581 g/mol. The first-order chi connectivity index (χ1) is 19.2. The molecule has 0 N–H and O–H groups in total. The molecule has 0 aliphatic heterocycles. The quantitative estimate of drug-likeness (QED) is 0.105. The van der Waals surface area contributed by atoms with Gasteiger partial charge in [0, 0.05) is 23.3 Å². The molecule has 40 heavy (non-hydrogen) atoms. The molecule has 0 spiro atoms. The van der Waals surface area contributed by atoms with Gasteiger partial charge in [-0.25, -0.2) is 8.42 Å². The van der Waals surface area contributed by atoms with E-state index in [1.807, 2.05) is 0 Å². The third kappa shape index (κ3) is 6.27. The maximum absolute atomic E-state index is 12.7. The summed E-state index contributed by atoms with van der Waals surface area (Å²) < 4.78 is 34.4. The smallest absolute Gasteiger partial charge is 0.281 e. The highest BCUT2D eigenvalue weighted by molar-refractivity contribution is 7.82. The van der Waals surface area contributed by atoms with Crippen molar-refractivity contribution in [3.63, 3.8) is 0 Å². The zero-order valence-corrected chi connectivity index (χ0v) is 21.7. The van der Waals surface area contributed by atoms with E-state index in [1.54, 1.807) is 36.4 Å². The topological polar surface area (TPSA) is 173 Å². The summed E-state index contributed by atoms with van der Waals surface area (Å²) in [6, 6.07) is 21.9. The van der Waals surface area contributed by atoms with E-state index in [0.29, 0.717) is 0 Å². The van der Waals surface area contributed by atoms with Crippen molar-refractivity contribution in [2.24, 2.45) is 0 Å². The fourth-order valence-electron chi connectivity index (χ4n) is 3.54. The van der Waals surface area contributed by atoms with Crippen LogP contribution in [0.25, 0.3) is 0 Å². The van der Waals surface area contributed by atoms with E-state index in [0.717, 1.165) is 36.4 Å². The molecule has 4 aromatic rings. The minimum atomic E-state index is -2.54. The summed E-state index contributed by atoms with van der Waals surface area (Å²) in [6.07, 6.45) is 0. The van der Waals surface area contributed by atoms with E-state index >= 15 is 0 Å². The maximum Gasteiger partial charge on any atom is 0.281 e. The molecule has 0 aliphatic rings. The second-order valence-electron chi connectivity index (χ2n) is 7.87. The predicted octanol–water partition coefficient (Wildman–Crippen LogP) is 4.66. The molecule has 0 fully saturated rings. The van der Waals surface area contributed by atoms with Crippen molar-refractivity contribution >= 4 is 45.1 Å². The fourth-order valence-corrected chi connectivity index (χ4v) is 4.87. The molecule has 4 aromatic carbocycles. The van der Waals surface area contributed by atoms with Crippen LogP contribution >= 0.6 is 0 Å². The Bertz CT molecular complexity index is 1550. The summed E-state index contributed by atoms with van der Waals surface area (Å²) in [7, 11) is 0. The van der Waals surface area contributed by atoms with Gasteiger partial charge in [0.25, 0.3) is 11.4 Å². The van der Waals surface area contributed by atoms with Crippen LogP contribution in [0.3, 0.4) is 0 Å². The summed E-state index contributed by atoms with van der Waals surface area (Å²) in [5.41, 5.74) is -1.37. The standard InChI is InChI=1S/C26H16N2O10S2/c29-25(17-7-3-1-4-8-17)21-13-11-19(15-23(21)27(31)32)39(35)37-38-40(36)20-12-14-22(24(16-20)28(33)34)26(30)18-9-5-2-6-10-18/h1-16H. The van der Waals surface area contributed by atoms with Gasteiger partial charge in [-0.1, -0.05) is 60.7 Å². The van der Waals surface area contributed by atoms with Gasteiger partial charge in [0.05, 0.1) is 19.6 Å². The average Bonchev–Trinajstić information content (AvgIpc) is 2.99. The number of benzene rings is 4. The van der Waals surface area contributed by atoms with Crippen LogP contribution < -0.4 is 0 Å². The van der Waals surface area contributed by atoms with Gasteiger partial charge in [-0.15, -0.1) is 8.67 Å². The van der Waals surface area contributed by atoms with Gasteiger partial charge in [-0.05, 0) is 24.3 Å². The summed E-state index contributed by atoms with van der Waals surface area (Å²) >= 11 is -5.08. The minimum Gasteiger partial charge on any atom is -0.288 e. The molecule has 0 saturated carbocycles. The third-order valence-corrected chi connectivity index (χ3v) is 7.18. The predicted molar refractivity (Wildman–Crippen MR) is 141 cm³/mol. The second-order valence-corrected chi connectivity index (χ2v) is 10.0. The summed E-state index contributed by atoms with van der Waals surface area (Å²) in [4.78, 5) is 46.4. The molecule has 0 heterocycles. The van der Waals surface area contributed by atoms with Crippen molar-refractivity contribution < 1.29 is 36.5 Å². The van der Waals surface area contributed by atoms with Crippen LogP contribution in [0.15, 0.2) is 107 Å². The molecule has 14 heteroatoms. The van der Waals surface area contributed by atoms with Crippen LogP contribution in [-0.2, 0) is 30.8 Å². The van der Waals surface area contributed by atoms with Gasteiger partial charge in [0.2, 0.25) is 22.2 Å². The van der Waals surface area contributed by atoms with Crippen molar-refractivity contribution in [1.29, 1.82) is 0 Å². The van der Waals surface area contributed by atoms with E-state index in [1.165, 1.54) is 24.3 Å². The highest BCUT2D eigenvalue weighted by atomic mass is 32.2. The Kier molecular flexibility index (Phi) is 8.76. The molecule has 4 rings (SSSR count). The van der Waals surface area contributed by atoms with E-state index in [9.17, 15) is 38.2 Å².